The lowest BCUT2D eigenvalue weighted by Gasteiger charge is -2.25. The quantitative estimate of drug-likeness (QED) is 0.638. The average molecular weight is 392 g/mol. The van der Waals surface area contributed by atoms with Crippen LogP contribution in [0.2, 0.25) is 0 Å². The van der Waals surface area contributed by atoms with Crippen LogP contribution in [0.5, 0.6) is 0 Å². The van der Waals surface area contributed by atoms with Crippen LogP contribution in [-0.4, -0.2) is 24.4 Å². The number of aryl methyl sites for hydroxylation is 2. The first-order valence-electron chi connectivity index (χ1n) is 9.59. The van der Waals surface area contributed by atoms with Crippen LogP contribution in [0.15, 0.2) is 51.1 Å². The van der Waals surface area contributed by atoms with Gasteiger partial charge in [-0.1, -0.05) is 42.0 Å². The minimum absolute atomic E-state index is 0.235. The molecule has 4 rings (SSSR count). The molecule has 1 aromatic carbocycles. The summed E-state index contributed by atoms with van der Waals surface area (Å²) < 4.78 is 4.54. The van der Waals surface area contributed by atoms with Gasteiger partial charge < -0.3 is 0 Å². The van der Waals surface area contributed by atoms with Crippen LogP contribution in [0.25, 0.3) is 11.2 Å². The van der Waals surface area contributed by atoms with Gasteiger partial charge in [-0.2, -0.15) is 10.1 Å². The first-order valence-corrected chi connectivity index (χ1v) is 9.59. The van der Waals surface area contributed by atoms with Gasteiger partial charge in [-0.05, 0) is 26.3 Å². The van der Waals surface area contributed by atoms with Crippen molar-refractivity contribution >= 4 is 22.8 Å². The smallest absolute Gasteiger partial charge is 0.297 e. The lowest BCUT2D eigenvalue weighted by Crippen LogP contribution is -2.39. The number of rotatable bonds is 4. The van der Waals surface area contributed by atoms with Gasteiger partial charge >= 0.3 is 5.69 Å². The SMILES string of the molecule is C/C=C/Cn1c(=O)c2c(nc3n2CC(C)=NN3Cc2ccc(C)cc2)n(C)c1=O. The van der Waals surface area contributed by atoms with Gasteiger partial charge in [0.2, 0.25) is 5.95 Å². The second kappa shape index (κ2) is 7.20. The molecule has 0 saturated heterocycles. The number of hydrazone groups is 1. The largest absolute Gasteiger partial charge is 0.332 e. The third kappa shape index (κ3) is 3.20. The molecule has 0 fully saturated rings. The number of aromatic nitrogens is 4. The number of allylic oxidation sites excluding steroid dienone is 2. The molecule has 1 aliphatic rings. The first kappa shape index (κ1) is 18.9. The number of imidazole rings is 1. The van der Waals surface area contributed by atoms with Crippen LogP contribution >= 0.6 is 0 Å². The summed E-state index contributed by atoms with van der Waals surface area (Å²) in [6.45, 7) is 7.06. The third-order valence-corrected chi connectivity index (χ3v) is 5.10. The number of anilines is 1. The highest BCUT2D eigenvalue weighted by atomic mass is 16.2. The predicted octanol–water partition coefficient (Wildman–Crippen LogP) is 2.18. The molecule has 3 aromatic rings. The molecule has 0 atom stereocenters. The Bertz CT molecular complexity index is 1260. The monoisotopic (exact) mass is 392 g/mol. The molecule has 2 aromatic heterocycles. The Kier molecular flexibility index (Phi) is 4.70. The Morgan fingerprint density at radius 3 is 2.55 bits per heavy atom. The van der Waals surface area contributed by atoms with Crippen molar-refractivity contribution in [2.75, 3.05) is 5.01 Å². The van der Waals surface area contributed by atoms with Crippen LogP contribution in [0.3, 0.4) is 0 Å². The fraction of sp³-hybridized carbons (Fsp3) is 0.333. The predicted molar refractivity (Wildman–Crippen MR) is 115 cm³/mol. The summed E-state index contributed by atoms with van der Waals surface area (Å²) >= 11 is 0. The summed E-state index contributed by atoms with van der Waals surface area (Å²) in [5, 5.41) is 6.44. The van der Waals surface area contributed by atoms with E-state index in [4.69, 9.17) is 0 Å². The van der Waals surface area contributed by atoms with Crippen molar-refractivity contribution in [3.05, 3.63) is 68.4 Å². The lowest BCUT2D eigenvalue weighted by molar-refractivity contribution is 0.662. The number of hydrogen-bond acceptors (Lipinski definition) is 5. The molecule has 8 heteroatoms. The molecule has 0 saturated carbocycles. The number of benzene rings is 1. The van der Waals surface area contributed by atoms with Gasteiger partial charge in [-0.15, -0.1) is 0 Å². The van der Waals surface area contributed by atoms with Crippen molar-refractivity contribution in [1.82, 2.24) is 18.7 Å². The number of hydrogen-bond donors (Lipinski definition) is 0. The Balaban J connectivity index is 1.89. The Hall–Kier alpha value is -3.42. The van der Waals surface area contributed by atoms with Crippen LogP contribution in [0.1, 0.15) is 25.0 Å². The van der Waals surface area contributed by atoms with Crippen LogP contribution in [0, 0.1) is 6.92 Å². The molecule has 0 spiro atoms. The highest BCUT2D eigenvalue weighted by Gasteiger charge is 2.26. The Morgan fingerprint density at radius 2 is 1.86 bits per heavy atom. The van der Waals surface area contributed by atoms with Gasteiger partial charge in [0.05, 0.1) is 18.8 Å². The van der Waals surface area contributed by atoms with E-state index in [9.17, 15) is 9.59 Å². The van der Waals surface area contributed by atoms with E-state index < -0.39 is 0 Å². The van der Waals surface area contributed by atoms with E-state index in [-0.39, 0.29) is 17.8 Å². The zero-order valence-electron chi connectivity index (χ0n) is 17.1. The van der Waals surface area contributed by atoms with Crippen molar-refractivity contribution in [3.8, 4) is 0 Å². The molecule has 150 valence electrons. The fourth-order valence-electron chi connectivity index (χ4n) is 3.56. The van der Waals surface area contributed by atoms with Gasteiger partial charge in [0.15, 0.2) is 11.2 Å². The molecule has 1 aliphatic heterocycles. The minimum Gasteiger partial charge on any atom is -0.297 e. The van der Waals surface area contributed by atoms with E-state index in [2.05, 4.69) is 34.4 Å². The highest BCUT2D eigenvalue weighted by molar-refractivity contribution is 5.87. The summed E-state index contributed by atoms with van der Waals surface area (Å²) in [4.78, 5) is 30.5. The molecule has 3 heterocycles. The summed E-state index contributed by atoms with van der Waals surface area (Å²) in [6.07, 6.45) is 3.61. The number of nitrogens with zero attached hydrogens (tertiary/aromatic N) is 6. The molecule has 29 heavy (non-hydrogen) atoms. The number of fused-ring (bicyclic) bond motifs is 3. The van der Waals surface area contributed by atoms with E-state index in [1.165, 1.54) is 14.7 Å². The topological polar surface area (TPSA) is 77.4 Å². The zero-order valence-corrected chi connectivity index (χ0v) is 17.1. The fourth-order valence-corrected chi connectivity index (χ4v) is 3.56. The van der Waals surface area contributed by atoms with Gasteiger partial charge in [0, 0.05) is 13.6 Å². The summed E-state index contributed by atoms with van der Waals surface area (Å²) in [5.41, 5.74) is 3.25. The average Bonchev–Trinajstić information content (AvgIpc) is 3.08. The zero-order chi connectivity index (χ0) is 20.7. The van der Waals surface area contributed by atoms with Gasteiger partial charge in [0.25, 0.3) is 5.56 Å². The summed E-state index contributed by atoms with van der Waals surface area (Å²) in [5.74, 6) is 0.571. The van der Waals surface area contributed by atoms with Crippen molar-refractivity contribution in [2.24, 2.45) is 12.1 Å². The second-order valence-corrected chi connectivity index (χ2v) is 7.38. The normalized spacial score (nSPS) is 13.9. The first-order chi connectivity index (χ1) is 13.9. The van der Waals surface area contributed by atoms with Gasteiger partial charge in [0.1, 0.15) is 0 Å². The Morgan fingerprint density at radius 1 is 1.14 bits per heavy atom. The maximum absolute atomic E-state index is 13.1. The van der Waals surface area contributed by atoms with Crippen molar-refractivity contribution in [3.63, 3.8) is 0 Å². The van der Waals surface area contributed by atoms with Crippen LogP contribution in [0.4, 0.5) is 5.95 Å². The molecule has 0 radical (unpaired) electrons. The Labute approximate surface area is 168 Å². The molecular weight excluding hydrogens is 368 g/mol. The van der Waals surface area contributed by atoms with Crippen molar-refractivity contribution in [2.45, 2.75) is 40.4 Å². The molecule has 8 nitrogen and oxygen atoms in total. The highest BCUT2D eigenvalue weighted by Crippen LogP contribution is 2.25. The molecule has 0 aliphatic carbocycles. The van der Waals surface area contributed by atoms with E-state index >= 15 is 0 Å². The summed E-state index contributed by atoms with van der Waals surface area (Å²) in [6, 6.07) is 8.23. The lowest BCUT2D eigenvalue weighted by atomic mass is 10.1. The molecule has 0 amide bonds. The summed E-state index contributed by atoms with van der Waals surface area (Å²) in [7, 11) is 1.65. The minimum atomic E-state index is -0.376. The molecule has 0 unspecified atom stereocenters. The standard InChI is InChI=1S/C21H24N6O2/c1-5-6-11-25-19(28)17-18(24(4)21(25)29)22-20-26(17)12-15(3)23-27(20)13-16-9-7-14(2)8-10-16/h5-10H,11-13H2,1-4H3/b6-5+. The second-order valence-electron chi connectivity index (χ2n) is 7.38. The molecular formula is C21H24N6O2. The van der Waals surface area contributed by atoms with E-state index in [0.717, 1.165) is 11.3 Å². The van der Waals surface area contributed by atoms with E-state index in [1.54, 1.807) is 18.1 Å². The van der Waals surface area contributed by atoms with Crippen molar-refractivity contribution < 1.29 is 0 Å². The molecule has 0 N–H and O–H groups in total. The third-order valence-electron chi connectivity index (χ3n) is 5.10. The van der Waals surface area contributed by atoms with Crippen LogP contribution in [-0.2, 0) is 26.7 Å². The maximum atomic E-state index is 13.1. The van der Waals surface area contributed by atoms with E-state index in [1.807, 2.05) is 31.4 Å². The van der Waals surface area contributed by atoms with Gasteiger partial charge in [-0.25, -0.2) is 9.80 Å². The van der Waals surface area contributed by atoms with Gasteiger partial charge in [-0.3, -0.25) is 18.5 Å². The van der Waals surface area contributed by atoms with Crippen LogP contribution < -0.4 is 16.3 Å². The maximum Gasteiger partial charge on any atom is 0.332 e. The van der Waals surface area contributed by atoms with Crippen molar-refractivity contribution in [1.29, 1.82) is 0 Å². The van der Waals surface area contributed by atoms with E-state index in [0.29, 0.717) is 30.2 Å². The molecule has 0 bridgehead atoms.